The van der Waals surface area contributed by atoms with Crippen LogP contribution in [-0.2, 0) is 0 Å². The number of rotatable bonds is 0. The van der Waals surface area contributed by atoms with Gasteiger partial charge in [-0.2, -0.15) is 19.6 Å². The van der Waals surface area contributed by atoms with Gasteiger partial charge in [0.25, 0.3) is 0 Å². The molecule has 0 unspecified atom stereocenters. The van der Waals surface area contributed by atoms with Gasteiger partial charge in [-0.25, -0.2) is 0 Å². The largest absolute Gasteiger partial charge is 0.678 e. The van der Waals surface area contributed by atoms with E-state index in [2.05, 4.69) is 0 Å². The van der Waals surface area contributed by atoms with Gasteiger partial charge in [0.05, 0.1) is 0 Å². The van der Waals surface area contributed by atoms with Gasteiger partial charge in [0, 0.05) is 148 Å². The Hall–Kier alpha value is 4.79. The molecule has 3 nitrogen and oxygen atoms in total. The molecule has 0 aromatic carbocycles. The molecule has 0 aliphatic heterocycles. The summed E-state index contributed by atoms with van der Waals surface area (Å²) in [5, 5.41) is 0. The molecule has 0 rings (SSSR count). The summed E-state index contributed by atoms with van der Waals surface area (Å²) in [7, 11) is 0. The number of hydrogen-bond acceptors (Lipinski definition) is 0. The monoisotopic (exact) mass is 676 g/mol. The van der Waals surface area contributed by atoms with Crippen LogP contribution in [-0.4, -0.2) is 44.1 Å². The van der Waals surface area contributed by atoms with Crippen LogP contribution in [0.2, 0.25) is 0 Å². The third-order valence-corrected chi connectivity index (χ3v) is 0. The Morgan fingerprint density at radius 3 is 0.615 bits per heavy atom. The summed E-state index contributed by atoms with van der Waals surface area (Å²) >= 11 is 0. The van der Waals surface area contributed by atoms with E-state index in [0.29, 0.717) is 19.6 Å². The molecule has 0 saturated heterocycles. The average Bonchev–Trinajstić information content (AvgIpc) is 1.70. The standard InChI is InChI=1S/3C2H6N.3Pr.Sb/c3*1-2-3;;;;/h3*3H,2H2,1H3;;;;/q3*-1;;;;. The van der Waals surface area contributed by atoms with Crippen molar-refractivity contribution in [3.63, 3.8) is 0 Å². The van der Waals surface area contributed by atoms with Crippen molar-refractivity contribution in [2.24, 2.45) is 0 Å². The Morgan fingerprint density at radius 2 is 0.615 bits per heavy atom. The van der Waals surface area contributed by atoms with Crippen LogP contribution in [0.15, 0.2) is 0 Å². The summed E-state index contributed by atoms with van der Waals surface area (Å²) in [6, 6.07) is 0. The van der Waals surface area contributed by atoms with Gasteiger partial charge in [-0.3, -0.25) is 0 Å². The maximum atomic E-state index is 6.21. The molecule has 0 aromatic heterocycles. The van der Waals surface area contributed by atoms with Crippen molar-refractivity contribution in [2.75, 3.05) is 19.6 Å². The maximum Gasteiger partial charge on any atom is 0 e. The van der Waals surface area contributed by atoms with Crippen LogP contribution < -0.4 is 0 Å². The zero-order valence-electron chi connectivity index (χ0n) is 8.80. The molecule has 0 heterocycles. The first-order chi connectivity index (χ1) is 4.24. The summed E-state index contributed by atoms with van der Waals surface area (Å²) in [4.78, 5) is 0. The normalized spacial score (nSPS) is 4.15. The first-order valence-corrected chi connectivity index (χ1v) is 3.18. The second-order valence-corrected chi connectivity index (χ2v) is 1.06. The van der Waals surface area contributed by atoms with Crippen LogP contribution >= 0.6 is 0 Å². The maximum absolute atomic E-state index is 6.21. The van der Waals surface area contributed by atoms with Crippen molar-refractivity contribution in [3.8, 4) is 0 Å². The third kappa shape index (κ3) is 160. The van der Waals surface area contributed by atoms with Crippen LogP contribution in [0.5, 0.6) is 0 Å². The predicted octanol–water partition coefficient (Wildman–Crippen LogP) is 2.79. The predicted molar refractivity (Wildman–Crippen MR) is 50.3 cm³/mol. The molecule has 6 radical (unpaired) electrons. The summed E-state index contributed by atoms with van der Waals surface area (Å²) in [5.41, 5.74) is 18.6. The zero-order valence-corrected chi connectivity index (χ0v) is 22.5. The Bertz CT molecular complexity index is 27.8. The van der Waals surface area contributed by atoms with Crippen molar-refractivity contribution in [2.45, 2.75) is 20.8 Å². The quantitative estimate of drug-likeness (QED) is 0.355. The van der Waals surface area contributed by atoms with Crippen LogP contribution in [0, 0.1) is 124 Å². The minimum absolute atomic E-state index is 0. The van der Waals surface area contributed by atoms with Crippen LogP contribution in [0.3, 0.4) is 0 Å². The second kappa shape index (κ2) is 69.0. The molecule has 0 aliphatic carbocycles. The molecule has 7 heteroatoms. The van der Waals surface area contributed by atoms with E-state index in [9.17, 15) is 0 Å². The zero-order chi connectivity index (χ0) is 8.12. The van der Waals surface area contributed by atoms with E-state index in [1.54, 1.807) is 20.8 Å². The molecule has 3 N–H and O–H groups in total. The fraction of sp³-hybridized carbons (Fsp3) is 1.00. The molecule has 0 bridgehead atoms. The molecule has 13 heavy (non-hydrogen) atoms. The van der Waals surface area contributed by atoms with Gasteiger partial charge in [-0.15, -0.1) is 0 Å². The molecule has 0 spiro atoms. The van der Waals surface area contributed by atoms with E-state index in [1.807, 2.05) is 0 Å². The van der Waals surface area contributed by atoms with Crippen molar-refractivity contribution < 1.29 is 124 Å². The van der Waals surface area contributed by atoms with E-state index in [4.69, 9.17) is 17.2 Å². The van der Waals surface area contributed by atoms with E-state index >= 15 is 0 Å². The van der Waals surface area contributed by atoms with Gasteiger partial charge < -0.3 is 17.2 Å². The molecule has 0 fully saturated rings. The molecule has 74 valence electrons. The molecule has 0 amide bonds. The molecule has 0 atom stereocenters. The van der Waals surface area contributed by atoms with Gasteiger partial charge in [0.2, 0.25) is 0 Å². The van der Waals surface area contributed by atoms with Crippen LogP contribution in [0.4, 0.5) is 0 Å². The van der Waals surface area contributed by atoms with Gasteiger partial charge in [0.15, 0.2) is 0 Å². The summed E-state index contributed by atoms with van der Waals surface area (Å²) in [6.07, 6.45) is 0. The van der Waals surface area contributed by atoms with Crippen molar-refractivity contribution in [3.05, 3.63) is 17.2 Å². The van der Waals surface area contributed by atoms with Crippen LogP contribution in [0.25, 0.3) is 17.2 Å². The van der Waals surface area contributed by atoms with Crippen molar-refractivity contribution in [1.82, 2.24) is 0 Å². The third-order valence-electron chi connectivity index (χ3n) is 0. The van der Waals surface area contributed by atoms with Gasteiger partial charge in [-0.1, -0.05) is 20.8 Å². The summed E-state index contributed by atoms with van der Waals surface area (Å²) in [6.45, 7) is 6.88. The smallest absolute Gasteiger partial charge is 0 e. The van der Waals surface area contributed by atoms with Crippen LogP contribution in [0.1, 0.15) is 20.8 Å². The number of hydrogen-bond donors (Lipinski definition) is 0. The van der Waals surface area contributed by atoms with Gasteiger partial charge in [-0.05, 0) is 0 Å². The van der Waals surface area contributed by atoms with Crippen molar-refractivity contribution in [1.29, 1.82) is 0 Å². The van der Waals surface area contributed by atoms with Gasteiger partial charge in [0.1, 0.15) is 0 Å². The summed E-state index contributed by atoms with van der Waals surface area (Å²) < 4.78 is 0. The van der Waals surface area contributed by atoms with E-state index in [1.165, 1.54) is 0 Å². The van der Waals surface area contributed by atoms with E-state index in [0.717, 1.165) is 0 Å². The van der Waals surface area contributed by atoms with Gasteiger partial charge >= 0.3 is 0 Å². The first-order valence-electron chi connectivity index (χ1n) is 3.18. The molecule has 0 saturated carbocycles. The number of nitrogens with one attached hydrogen (secondary N) is 3. The van der Waals surface area contributed by atoms with E-state index in [-0.39, 0.29) is 148 Å². The Balaban J connectivity index is -0.00000000720. The minimum atomic E-state index is 0. The Morgan fingerprint density at radius 1 is 0.615 bits per heavy atom. The molecule has 0 aromatic rings. The minimum Gasteiger partial charge on any atom is -0.678 e. The molecule has 0 aliphatic rings. The second-order valence-electron chi connectivity index (χ2n) is 1.06. The average molecular weight is 677 g/mol. The summed E-state index contributed by atoms with van der Waals surface area (Å²) in [5.74, 6) is 0. The SMILES string of the molecule is CC[NH-].CC[NH-].CC[NH-].[Pr].[Pr].[Pr].[Sb]. The Labute approximate surface area is 201 Å². The first kappa shape index (κ1) is 43.1. The fourth-order valence-electron chi connectivity index (χ4n) is 0. The van der Waals surface area contributed by atoms with E-state index < -0.39 is 0 Å². The fourth-order valence-corrected chi connectivity index (χ4v) is 0. The molecular weight excluding hydrogens is 659 g/mol. The van der Waals surface area contributed by atoms with Crippen molar-refractivity contribution >= 4 is 24.4 Å². The Kier molecular flexibility index (Phi) is 229. The molecular formula is C6H18N3Pr3Sb-3. The topological polar surface area (TPSA) is 71.4 Å².